The average Bonchev–Trinajstić information content (AvgIpc) is 2.81. The van der Waals surface area contributed by atoms with Gasteiger partial charge in [-0.2, -0.15) is 0 Å². The van der Waals surface area contributed by atoms with Crippen molar-refractivity contribution in [1.29, 1.82) is 0 Å². The van der Waals surface area contributed by atoms with Gasteiger partial charge in [0.25, 0.3) is 5.56 Å². The Morgan fingerprint density at radius 3 is 2.85 bits per heavy atom. The number of nitrogens with one attached hydrogen (secondary N) is 1. The van der Waals surface area contributed by atoms with Crippen molar-refractivity contribution in [2.45, 2.75) is 38.2 Å². The molecular formula is C13H18N2O5. The molecule has 1 aromatic heterocycles. The number of hydrogen-bond donors (Lipinski definition) is 3. The first-order valence-corrected chi connectivity index (χ1v) is 6.68. The highest BCUT2D eigenvalue weighted by molar-refractivity contribution is 5.11. The van der Waals surface area contributed by atoms with Gasteiger partial charge in [-0.25, -0.2) is 4.79 Å². The Hall–Kier alpha value is -1.44. The first-order valence-electron chi connectivity index (χ1n) is 6.68. The number of nitrogens with zero attached hydrogens (tertiary/aromatic N) is 1. The quantitative estimate of drug-likeness (QED) is 0.653. The van der Waals surface area contributed by atoms with Crippen LogP contribution in [0.5, 0.6) is 0 Å². The summed E-state index contributed by atoms with van der Waals surface area (Å²) in [6, 6.07) is 0. The zero-order valence-electron chi connectivity index (χ0n) is 11.4. The molecule has 2 fully saturated rings. The van der Waals surface area contributed by atoms with Crippen LogP contribution < -0.4 is 11.2 Å². The van der Waals surface area contributed by atoms with E-state index in [0.717, 1.165) is 0 Å². The fourth-order valence-corrected chi connectivity index (χ4v) is 3.55. The Balaban J connectivity index is 2.07. The van der Waals surface area contributed by atoms with Gasteiger partial charge in [0.2, 0.25) is 0 Å². The van der Waals surface area contributed by atoms with E-state index < -0.39 is 29.2 Å². The summed E-state index contributed by atoms with van der Waals surface area (Å²) in [7, 11) is 0. The fraction of sp³-hybridized carbons (Fsp3) is 0.692. The standard InChI is InChI=1S/C13H18N2O5/c1-6-3-13(5-16)9(17)8(6)11(20-13)15-4-7(2)10(18)14-12(15)19/h4,6,8-9,11,16-17H,3,5H2,1-2H3,(H,14,18,19)/t6?,8?,9-,11-,13+/m1/s1. The second-order valence-corrected chi connectivity index (χ2v) is 5.91. The molecule has 1 aliphatic carbocycles. The van der Waals surface area contributed by atoms with Crippen molar-refractivity contribution in [3.8, 4) is 0 Å². The Kier molecular flexibility index (Phi) is 2.89. The Labute approximate surface area is 114 Å². The predicted molar refractivity (Wildman–Crippen MR) is 69.3 cm³/mol. The minimum atomic E-state index is -1.00. The van der Waals surface area contributed by atoms with Gasteiger partial charge in [0.05, 0.1) is 12.7 Å². The predicted octanol–water partition coefficient (Wildman–Crippen LogP) is -0.878. The topological polar surface area (TPSA) is 105 Å². The SMILES string of the molecule is Cc1cn([C@@H]2O[C@]3(CO)CC(C)C2[C@H]3O)c(=O)[nH]c1=O. The largest absolute Gasteiger partial charge is 0.393 e. The van der Waals surface area contributed by atoms with Crippen LogP contribution in [-0.2, 0) is 4.74 Å². The van der Waals surface area contributed by atoms with Gasteiger partial charge in [-0.1, -0.05) is 6.92 Å². The lowest BCUT2D eigenvalue weighted by atomic mass is 9.95. The van der Waals surface area contributed by atoms with E-state index in [9.17, 15) is 19.8 Å². The second-order valence-electron chi connectivity index (χ2n) is 5.91. The molecule has 0 amide bonds. The van der Waals surface area contributed by atoms with E-state index in [0.29, 0.717) is 12.0 Å². The van der Waals surface area contributed by atoms with Gasteiger partial charge in [0, 0.05) is 17.7 Å². The molecule has 0 aromatic carbocycles. The molecule has 0 spiro atoms. The van der Waals surface area contributed by atoms with E-state index in [1.165, 1.54) is 10.8 Å². The number of aromatic amines is 1. The van der Waals surface area contributed by atoms with Crippen molar-refractivity contribution in [1.82, 2.24) is 9.55 Å². The molecule has 110 valence electrons. The summed E-state index contributed by atoms with van der Waals surface area (Å²) in [5, 5.41) is 19.9. The molecule has 7 nitrogen and oxygen atoms in total. The maximum Gasteiger partial charge on any atom is 0.330 e. The summed E-state index contributed by atoms with van der Waals surface area (Å²) in [5.41, 5.74) is -1.60. The lowest BCUT2D eigenvalue weighted by molar-refractivity contribution is -0.149. The van der Waals surface area contributed by atoms with Crippen molar-refractivity contribution in [3.05, 3.63) is 32.6 Å². The highest BCUT2D eigenvalue weighted by Crippen LogP contribution is 2.54. The summed E-state index contributed by atoms with van der Waals surface area (Å²) >= 11 is 0. The van der Waals surface area contributed by atoms with Crippen molar-refractivity contribution in [2.75, 3.05) is 6.61 Å². The van der Waals surface area contributed by atoms with Gasteiger partial charge >= 0.3 is 5.69 Å². The van der Waals surface area contributed by atoms with Crippen molar-refractivity contribution in [3.63, 3.8) is 0 Å². The second kappa shape index (κ2) is 4.28. The van der Waals surface area contributed by atoms with Crippen LogP contribution in [0.1, 0.15) is 25.1 Å². The fourth-order valence-electron chi connectivity index (χ4n) is 3.55. The van der Waals surface area contributed by atoms with Crippen LogP contribution in [0.3, 0.4) is 0 Å². The van der Waals surface area contributed by atoms with Gasteiger partial charge in [0.1, 0.15) is 11.8 Å². The molecular weight excluding hydrogens is 264 g/mol. The molecule has 3 N–H and O–H groups in total. The molecule has 7 heteroatoms. The zero-order valence-corrected chi connectivity index (χ0v) is 11.4. The van der Waals surface area contributed by atoms with Crippen molar-refractivity contribution < 1.29 is 14.9 Å². The number of aryl methyl sites for hydroxylation is 1. The summed E-state index contributed by atoms with van der Waals surface area (Å²) in [4.78, 5) is 25.6. The summed E-state index contributed by atoms with van der Waals surface area (Å²) in [6.45, 7) is 3.27. The highest BCUT2D eigenvalue weighted by Gasteiger charge is 2.63. The van der Waals surface area contributed by atoms with Crippen molar-refractivity contribution in [2.24, 2.45) is 11.8 Å². The van der Waals surface area contributed by atoms with Gasteiger partial charge in [-0.05, 0) is 19.3 Å². The molecule has 1 saturated carbocycles. The molecule has 3 rings (SSSR count). The normalized spacial score (nSPS) is 39.4. The molecule has 1 saturated heterocycles. The summed E-state index contributed by atoms with van der Waals surface area (Å²) in [6.07, 6.45) is 0.524. The lowest BCUT2D eigenvalue weighted by Gasteiger charge is -2.33. The molecule has 20 heavy (non-hydrogen) atoms. The maximum absolute atomic E-state index is 11.9. The number of fused-ring (bicyclic) bond motifs is 2. The number of aromatic nitrogens is 2. The molecule has 2 unspecified atom stereocenters. The molecule has 5 atom stereocenters. The number of aliphatic hydroxyl groups excluding tert-OH is 2. The van der Waals surface area contributed by atoms with Crippen LogP contribution in [0.4, 0.5) is 0 Å². The van der Waals surface area contributed by atoms with E-state index in [1.807, 2.05) is 6.92 Å². The molecule has 0 radical (unpaired) electrons. The van der Waals surface area contributed by atoms with E-state index in [-0.39, 0.29) is 18.4 Å². The third-order valence-electron chi connectivity index (χ3n) is 4.60. The van der Waals surface area contributed by atoms with E-state index >= 15 is 0 Å². The smallest absolute Gasteiger partial charge is 0.330 e. The first-order chi connectivity index (χ1) is 9.39. The zero-order chi connectivity index (χ0) is 14.7. The Morgan fingerprint density at radius 2 is 2.25 bits per heavy atom. The van der Waals surface area contributed by atoms with Crippen LogP contribution in [0.2, 0.25) is 0 Å². The van der Waals surface area contributed by atoms with Gasteiger partial charge in [0.15, 0.2) is 0 Å². The van der Waals surface area contributed by atoms with Crippen LogP contribution >= 0.6 is 0 Å². The number of aliphatic hydroxyl groups is 2. The van der Waals surface area contributed by atoms with Crippen molar-refractivity contribution >= 4 is 0 Å². The van der Waals surface area contributed by atoms with E-state index in [1.54, 1.807) is 6.92 Å². The molecule has 2 bridgehead atoms. The minimum Gasteiger partial charge on any atom is -0.393 e. The Bertz CT molecular complexity index is 651. The van der Waals surface area contributed by atoms with Gasteiger partial charge < -0.3 is 14.9 Å². The third kappa shape index (κ3) is 1.63. The van der Waals surface area contributed by atoms with Crippen LogP contribution in [0.15, 0.2) is 15.8 Å². The first kappa shape index (κ1) is 13.5. The molecule has 1 aromatic rings. The number of ether oxygens (including phenoxy) is 1. The number of hydrogen-bond acceptors (Lipinski definition) is 5. The highest BCUT2D eigenvalue weighted by atomic mass is 16.6. The van der Waals surface area contributed by atoms with Crippen LogP contribution in [0, 0.1) is 18.8 Å². The minimum absolute atomic E-state index is 0.120. The van der Waals surface area contributed by atoms with E-state index in [2.05, 4.69) is 4.98 Å². The van der Waals surface area contributed by atoms with Crippen LogP contribution in [0.25, 0.3) is 0 Å². The molecule has 2 aliphatic rings. The lowest BCUT2D eigenvalue weighted by Crippen LogP contribution is -2.42. The number of H-pyrrole nitrogens is 1. The third-order valence-corrected chi connectivity index (χ3v) is 4.60. The van der Waals surface area contributed by atoms with Crippen LogP contribution in [-0.4, -0.2) is 38.1 Å². The molecule has 2 heterocycles. The van der Waals surface area contributed by atoms with Gasteiger partial charge in [-0.3, -0.25) is 14.3 Å². The number of rotatable bonds is 2. The average molecular weight is 282 g/mol. The Morgan fingerprint density at radius 1 is 1.55 bits per heavy atom. The summed E-state index contributed by atoms with van der Waals surface area (Å²) in [5.74, 6) is -0.153. The monoisotopic (exact) mass is 282 g/mol. The molecule has 1 aliphatic heterocycles. The summed E-state index contributed by atoms with van der Waals surface area (Å²) < 4.78 is 7.09. The maximum atomic E-state index is 11.9. The van der Waals surface area contributed by atoms with Gasteiger partial charge in [-0.15, -0.1) is 0 Å². The van der Waals surface area contributed by atoms with E-state index in [4.69, 9.17) is 4.74 Å².